The van der Waals surface area contributed by atoms with Crippen molar-refractivity contribution in [3.05, 3.63) is 77.1 Å². The Balaban J connectivity index is 1.59. The summed E-state index contributed by atoms with van der Waals surface area (Å²) < 4.78 is 57.2. The molecule has 0 bridgehead atoms. The number of carbonyl (C=O) groups is 2. The molecule has 2 N–H and O–H groups in total. The Morgan fingerprint density at radius 3 is 2.45 bits per heavy atom. The zero-order valence-corrected chi connectivity index (χ0v) is 24.2. The number of hydrogen-bond acceptors (Lipinski definition) is 9. The van der Waals surface area contributed by atoms with Crippen LogP contribution in [0.15, 0.2) is 54.6 Å². The van der Waals surface area contributed by atoms with Gasteiger partial charge >= 0.3 is 5.97 Å². The quantitative estimate of drug-likeness (QED) is 0.281. The molecule has 11 nitrogen and oxygen atoms in total. The Kier molecular flexibility index (Phi) is 7.80. The number of nitrogens with one attached hydrogen (secondary N) is 2. The summed E-state index contributed by atoms with van der Waals surface area (Å²) >= 11 is 0. The molecule has 220 valence electrons. The highest BCUT2D eigenvalue weighted by Gasteiger charge is 2.30. The monoisotopic (exact) mass is 596 g/mol. The van der Waals surface area contributed by atoms with Crippen molar-refractivity contribution in [2.45, 2.75) is 0 Å². The first kappa shape index (κ1) is 28.9. The van der Waals surface area contributed by atoms with E-state index in [9.17, 15) is 18.0 Å². The second-order valence-electron chi connectivity index (χ2n) is 9.95. The lowest BCUT2D eigenvalue weighted by molar-refractivity contribution is -0.110. The first-order valence-corrected chi connectivity index (χ1v) is 14.7. The summed E-state index contributed by atoms with van der Waals surface area (Å²) in [4.78, 5) is 27.2. The third kappa shape index (κ3) is 5.74. The standard InChI is InChI=1S/C29H29FN4O7S/c1-33(2)11-12-34(42(4,37)38)23-9-7-19(15-21(23)30)31-27(17-6-10-24-25(14-17)41-16-40-24)26-20-8-5-18(29(36)39-3)13-22(20)32-28(26)35/h5-10,13-15,31H,11-12,16H2,1-4H3,(H,32,35). The molecule has 2 aliphatic heterocycles. The van der Waals surface area contributed by atoms with E-state index < -0.39 is 27.7 Å². The molecule has 0 aliphatic carbocycles. The highest BCUT2D eigenvalue weighted by atomic mass is 32.2. The van der Waals surface area contributed by atoms with Gasteiger partial charge in [-0.1, -0.05) is 6.07 Å². The fraction of sp³-hybridized carbons (Fsp3) is 0.241. The number of amides is 1. The number of benzene rings is 3. The van der Waals surface area contributed by atoms with Crippen molar-refractivity contribution in [2.24, 2.45) is 0 Å². The van der Waals surface area contributed by atoms with Gasteiger partial charge in [-0.2, -0.15) is 0 Å². The highest BCUT2D eigenvalue weighted by molar-refractivity contribution is 7.92. The molecular weight excluding hydrogens is 567 g/mol. The number of nitrogens with zero attached hydrogens (tertiary/aromatic N) is 2. The molecule has 0 atom stereocenters. The number of halogens is 1. The average molecular weight is 597 g/mol. The number of carbonyl (C=O) groups excluding carboxylic acids is 2. The fourth-order valence-corrected chi connectivity index (χ4v) is 5.60. The zero-order valence-electron chi connectivity index (χ0n) is 23.4. The first-order valence-electron chi connectivity index (χ1n) is 12.8. The van der Waals surface area contributed by atoms with Gasteiger partial charge in [0.05, 0.1) is 41.6 Å². The Bertz CT molecular complexity index is 1720. The van der Waals surface area contributed by atoms with Gasteiger partial charge in [0.25, 0.3) is 5.91 Å². The molecule has 0 unspecified atom stereocenters. The van der Waals surface area contributed by atoms with E-state index in [0.29, 0.717) is 40.6 Å². The molecule has 3 aromatic rings. The van der Waals surface area contributed by atoms with E-state index in [1.54, 1.807) is 49.3 Å². The molecule has 0 spiro atoms. The molecule has 0 saturated heterocycles. The van der Waals surface area contributed by atoms with Crippen molar-refractivity contribution >= 4 is 50.2 Å². The van der Waals surface area contributed by atoms with Crippen molar-refractivity contribution in [1.29, 1.82) is 0 Å². The topological polar surface area (TPSA) is 127 Å². The maximum atomic E-state index is 15.5. The van der Waals surface area contributed by atoms with Gasteiger partial charge in [0.2, 0.25) is 16.8 Å². The molecule has 5 rings (SSSR count). The van der Waals surface area contributed by atoms with Crippen LogP contribution in [0.5, 0.6) is 11.5 Å². The molecule has 0 radical (unpaired) electrons. The maximum Gasteiger partial charge on any atom is 0.337 e. The largest absolute Gasteiger partial charge is 0.465 e. The first-order chi connectivity index (χ1) is 20.0. The summed E-state index contributed by atoms with van der Waals surface area (Å²) in [6.07, 6.45) is 1.03. The number of likely N-dealkylation sites (N-methyl/N-ethyl adjacent to an activating group) is 1. The van der Waals surface area contributed by atoms with Crippen LogP contribution in [0.3, 0.4) is 0 Å². The minimum Gasteiger partial charge on any atom is -0.465 e. The highest BCUT2D eigenvalue weighted by Crippen LogP contribution is 2.41. The normalized spacial score (nSPS) is 14.9. The van der Waals surface area contributed by atoms with Gasteiger partial charge in [0.15, 0.2) is 11.5 Å². The van der Waals surface area contributed by atoms with Crippen molar-refractivity contribution < 1.29 is 36.6 Å². The van der Waals surface area contributed by atoms with Crippen LogP contribution < -0.4 is 24.4 Å². The molecule has 2 heterocycles. The fourth-order valence-electron chi connectivity index (χ4n) is 4.68. The van der Waals surface area contributed by atoms with Crippen molar-refractivity contribution in [2.75, 3.05) is 62.3 Å². The number of rotatable bonds is 9. The molecule has 0 saturated carbocycles. The zero-order chi connectivity index (χ0) is 30.2. The number of methoxy groups -OCH3 is 1. The SMILES string of the molecule is COC(=O)c1ccc2c(c1)NC(=O)C2=C(Nc1ccc(N(CCN(C)C)S(C)(=O)=O)c(F)c1)c1ccc2c(c1)OCO2. The van der Waals surface area contributed by atoms with E-state index in [-0.39, 0.29) is 35.8 Å². The summed E-state index contributed by atoms with van der Waals surface area (Å²) in [5.41, 5.74) is 2.47. The van der Waals surface area contributed by atoms with Gasteiger partial charge in [-0.25, -0.2) is 17.6 Å². The van der Waals surface area contributed by atoms with Crippen molar-refractivity contribution in [3.8, 4) is 11.5 Å². The minimum absolute atomic E-state index is 0.0507. The van der Waals surface area contributed by atoms with E-state index >= 15 is 4.39 Å². The number of hydrogen-bond donors (Lipinski definition) is 2. The third-order valence-corrected chi connectivity index (χ3v) is 7.91. The van der Waals surface area contributed by atoms with Gasteiger partial charge in [0, 0.05) is 29.9 Å². The number of ether oxygens (including phenoxy) is 3. The molecule has 1 amide bonds. The summed E-state index contributed by atoms with van der Waals surface area (Å²) in [5.74, 6) is -0.758. The van der Waals surface area contributed by atoms with Gasteiger partial charge < -0.3 is 29.7 Å². The van der Waals surface area contributed by atoms with Crippen LogP contribution in [0.2, 0.25) is 0 Å². The molecule has 13 heteroatoms. The number of esters is 1. The van der Waals surface area contributed by atoms with E-state index in [1.807, 2.05) is 0 Å². The molecule has 0 fully saturated rings. The van der Waals surface area contributed by atoms with Gasteiger partial charge in [-0.05, 0) is 62.6 Å². The minimum atomic E-state index is -3.76. The molecule has 0 aromatic heterocycles. The summed E-state index contributed by atoms with van der Waals surface area (Å²) in [5, 5.41) is 5.94. The van der Waals surface area contributed by atoms with Crippen LogP contribution in [0.1, 0.15) is 21.5 Å². The summed E-state index contributed by atoms with van der Waals surface area (Å²) in [6, 6.07) is 13.9. The van der Waals surface area contributed by atoms with E-state index in [0.717, 1.165) is 10.6 Å². The number of anilines is 3. The molecule has 3 aromatic carbocycles. The second kappa shape index (κ2) is 11.3. The Morgan fingerprint density at radius 2 is 1.76 bits per heavy atom. The Hall–Kier alpha value is -4.62. The van der Waals surface area contributed by atoms with Crippen LogP contribution in [-0.2, 0) is 19.6 Å². The molecule has 2 aliphatic rings. The maximum absolute atomic E-state index is 15.5. The predicted octanol–water partition coefficient (Wildman–Crippen LogP) is 3.60. The van der Waals surface area contributed by atoms with Gasteiger partial charge in [0.1, 0.15) is 5.82 Å². The van der Waals surface area contributed by atoms with Crippen LogP contribution in [0.25, 0.3) is 11.3 Å². The van der Waals surface area contributed by atoms with Crippen molar-refractivity contribution in [3.63, 3.8) is 0 Å². The van der Waals surface area contributed by atoms with E-state index in [2.05, 4.69) is 10.6 Å². The number of sulfonamides is 1. The Morgan fingerprint density at radius 1 is 1.02 bits per heavy atom. The lowest BCUT2D eigenvalue weighted by Gasteiger charge is -2.25. The second-order valence-corrected chi connectivity index (χ2v) is 11.9. The van der Waals surface area contributed by atoms with E-state index in [1.165, 1.54) is 31.4 Å². The van der Waals surface area contributed by atoms with Gasteiger partial charge in [-0.3, -0.25) is 9.10 Å². The summed E-state index contributed by atoms with van der Waals surface area (Å²) in [6.45, 7) is 0.501. The third-order valence-electron chi connectivity index (χ3n) is 6.73. The van der Waals surface area contributed by atoms with Crippen LogP contribution in [0.4, 0.5) is 21.5 Å². The Labute approximate surface area is 242 Å². The lowest BCUT2D eigenvalue weighted by atomic mass is 9.98. The average Bonchev–Trinajstić information content (AvgIpc) is 3.54. The molecule has 42 heavy (non-hydrogen) atoms. The van der Waals surface area contributed by atoms with Crippen LogP contribution in [0, 0.1) is 5.82 Å². The van der Waals surface area contributed by atoms with Crippen LogP contribution >= 0.6 is 0 Å². The lowest BCUT2D eigenvalue weighted by Crippen LogP contribution is -2.36. The smallest absolute Gasteiger partial charge is 0.337 e. The van der Waals surface area contributed by atoms with Crippen molar-refractivity contribution in [1.82, 2.24) is 4.90 Å². The van der Waals surface area contributed by atoms with E-state index in [4.69, 9.17) is 14.2 Å². The summed E-state index contributed by atoms with van der Waals surface area (Å²) in [7, 11) is 1.09. The van der Waals surface area contributed by atoms with Crippen LogP contribution in [-0.4, -0.2) is 72.5 Å². The van der Waals surface area contributed by atoms with Gasteiger partial charge in [-0.15, -0.1) is 0 Å². The molecular formula is C29H29FN4O7S. The predicted molar refractivity (Wildman–Crippen MR) is 157 cm³/mol. The number of fused-ring (bicyclic) bond motifs is 2.